The van der Waals surface area contributed by atoms with Gasteiger partial charge in [-0.15, -0.1) is 0 Å². The summed E-state index contributed by atoms with van der Waals surface area (Å²) in [4.78, 5) is 0. The van der Waals surface area contributed by atoms with Crippen LogP contribution in [0.1, 0.15) is 32.1 Å². The molecule has 0 unspecified atom stereocenters. The van der Waals surface area contributed by atoms with E-state index >= 15 is 0 Å². The Morgan fingerprint density at radius 3 is 2.57 bits per heavy atom. The second kappa shape index (κ2) is 8.80. The molecule has 1 saturated carbocycles. The number of aliphatic hydroxyl groups excluding tert-OH is 1. The van der Waals surface area contributed by atoms with E-state index in [4.69, 9.17) is 4.74 Å². The van der Waals surface area contributed by atoms with Crippen LogP contribution in [0.25, 0.3) is 22.2 Å². The lowest BCUT2D eigenvalue weighted by atomic mass is 9.95. The summed E-state index contributed by atoms with van der Waals surface area (Å²) in [5.41, 5.74) is 3.41. The molecule has 0 bridgehead atoms. The summed E-state index contributed by atoms with van der Waals surface area (Å²) in [6.07, 6.45) is 6.00. The van der Waals surface area contributed by atoms with Gasteiger partial charge < -0.3 is 19.7 Å². The van der Waals surface area contributed by atoms with E-state index in [1.165, 1.54) is 37.5 Å². The van der Waals surface area contributed by atoms with Gasteiger partial charge in [-0.2, -0.15) is 0 Å². The van der Waals surface area contributed by atoms with Gasteiger partial charge >= 0.3 is 0 Å². The minimum Gasteiger partial charge on any atom is -0.497 e. The molecule has 3 aromatic rings. The average molecular weight is 379 g/mol. The lowest BCUT2D eigenvalue weighted by Gasteiger charge is -2.25. The van der Waals surface area contributed by atoms with Crippen LogP contribution in [0.15, 0.2) is 54.6 Å². The Bertz CT molecular complexity index is 895. The molecule has 4 rings (SSSR count). The third-order valence-corrected chi connectivity index (χ3v) is 5.84. The summed E-state index contributed by atoms with van der Waals surface area (Å²) in [6, 6.07) is 19.3. The lowest BCUT2D eigenvalue weighted by Crippen LogP contribution is -2.38. The molecule has 1 fully saturated rings. The fourth-order valence-corrected chi connectivity index (χ4v) is 4.29. The van der Waals surface area contributed by atoms with Gasteiger partial charge in [0, 0.05) is 29.2 Å². The highest BCUT2D eigenvalue weighted by Gasteiger charge is 2.17. The zero-order valence-electron chi connectivity index (χ0n) is 16.6. The molecule has 1 aliphatic carbocycles. The SMILES string of the molecule is COc1ccc(-c2cc3ccccc3n2C[C@@H](O)CNC2CCCCC2)cc1. The first kappa shape index (κ1) is 19.0. The molecule has 0 saturated heterocycles. The molecular weight excluding hydrogens is 348 g/mol. The van der Waals surface area contributed by atoms with Crippen LogP contribution in [0.5, 0.6) is 5.75 Å². The monoisotopic (exact) mass is 378 g/mol. The maximum absolute atomic E-state index is 10.8. The first-order valence-electron chi connectivity index (χ1n) is 10.4. The molecule has 0 amide bonds. The molecule has 1 aromatic heterocycles. The van der Waals surface area contributed by atoms with Crippen molar-refractivity contribution in [2.75, 3.05) is 13.7 Å². The van der Waals surface area contributed by atoms with Crippen LogP contribution in [0.3, 0.4) is 0 Å². The van der Waals surface area contributed by atoms with E-state index < -0.39 is 6.10 Å². The topological polar surface area (TPSA) is 46.4 Å². The van der Waals surface area contributed by atoms with E-state index in [9.17, 15) is 5.11 Å². The first-order valence-corrected chi connectivity index (χ1v) is 10.4. The molecule has 1 aliphatic rings. The fraction of sp³-hybridized carbons (Fsp3) is 0.417. The molecule has 0 radical (unpaired) electrons. The zero-order chi connectivity index (χ0) is 19.3. The lowest BCUT2D eigenvalue weighted by molar-refractivity contribution is 0.146. The Morgan fingerprint density at radius 1 is 1.07 bits per heavy atom. The van der Waals surface area contributed by atoms with Crippen molar-refractivity contribution in [2.24, 2.45) is 0 Å². The molecule has 4 heteroatoms. The fourth-order valence-electron chi connectivity index (χ4n) is 4.29. The number of hydrogen-bond donors (Lipinski definition) is 2. The van der Waals surface area contributed by atoms with Gasteiger partial charge in [0.2, 0.25) is 0 Å². The molecule has 1 atom stereocenters. The van der Waals surface area contributed by atoms with Crippen LogP contribution in [-0.2, 0) is 6.54 Å². The number of aliphatic hydroxyl groups is 1. The summed E-state index contributed by atoms with van der Waals surface area (Å²) in [7, 11) is 1.68. The Morgan fingerprint density at radius 2 is 1.82 bits per heavy atom. The number of ether oxygens (including phenoxy) is 1. The highest BCUT2D eigenvalue weighted by Crippen LogP contribution is 2.30. The van der Waals surface area contributed by atoms with Crippen molar-refractivity contribution in [2.45, 2.75) is 50.8 Å². The maximum Gasteiger partial charge on any atom is 0.118 e. The summed E-state index contributed by atoms with van der Waals surface area (Å²) in [5, 5.41) is 15.5. The van der Waals surface area contributed by atoms with Crippen LogP contribution in [0.4, 0.5) is 0 Å². The third kappa shape index (κ3) is 4.23. The average Bonchev–Trinajstić information content (AvgIpc) is 3.11. The van der Waals surface area contributed by atoms with Crippen molar-refractivity contribution < 1.29 is 9.84 Å². The second-order valence-corrected chi connectivity index (χ2v) is 7.82. The van der Waals surface area contributed by atoms with Crippen LogP contribution in [-0.4, -0.2) is 35.5 Å². The van der Waals surface area contributed by atoms with Gasteiger partial charge in [0.25, 0.3) is 0 Å². The first-order chi connectivity index (χ1) is 13.7. The predicted octanol–water partition coefficient (Wildman–Crippen LogP) is 4.60. The Kier molecular flexibility index (Phi) is 5.98. The van der Waals surface area contributed by atoms with Crippen molar-refractivity contribution in [1.29, 1.82) is 0 Å². The molecule has 0 spiro atoms. The number of para-hydroxylation sites is 1. The van der Waals surface area contributed by atoms with Crippen molar-refractivity contribution in [1.82, 2.24) is 9.88 Å². The molecule has 2 aromatic carbocycles. The standard InChI is InChI=1S/C24H30N2O2/c1-28-22-13-11-18(12-14-22)24-15-19-7-5-6-10-23(19)26(24)17-21(27)16-25-20-8-3-2-4-9-20/h5-7,10-15,20-21,25,27H,2-4,8-9,16-17H2,1H3/t21-/m0/s1. The summed E-state index contributed by atoms with van der Waals surface area (Å²) in [6.45, 7) is 1.22. The largest absolute Gasteiger partial charge is 0.497 e. The molecule has 28 heavy (non-hydrogen) atoms. The van der Waals surface area contributed by atoms with E-state index in [1.807, 2.05) is 12.1 Å². The van der Waals surface area contributed by atoms with Crippen LogP contribution >= 0.6 is 0 Å². The number of aromatic nitrogens is 1. The van der Waals surface area contributed by atoms with Gasteiger partial charge in [-0.3, -0.25) is 0 Å². The maximum atomic E-state index is 10.8. The van der Waals surface area contributed by atoms with E-state index in [1.54, 1.807) is 7.11 Å². The van der Waals surface area contributed by atoms with Crippen molar-refractivity contribution in [3.05, 3.63) is 54.6 Å². The molecular formula is C24H30N2O2. The smallest absolute Gasteiger partial charge is 0.118 e. The summed E-state index contributed by atoms with van der Waals surface area (Å²) >= 11 is 0. The summed E-state index contributed by atoms with van der Waals surface area (Å²) in [5.74, 6) is 0.850. The van der Waals surface area contributed by atoms with Gasteiger partial charge in [0.15, 0.2) is 0 Å². The number of nitrogens with zero attached hydrogens (tertiary/aromatic N) is 1. The van der Waals surface area contributed by atoms with Crippen LogP contribution in [0, 0.1) is 0 Å². The number of methoxy groups -OCH3 is 1. The van der Waals surface area contributed by atoms with Crippen molar-refractivity contribution >= 4 is 10.9 Å². The number of rotatable bonds is 7. The quantitative estimate of drug-likeness (QED) is 0.632. The third-order valence-electron chi connectivity index (χ3n) is 5.84. The van der Waals surface area contributed by atoms with Crippen molar-refractivity contribution in [3.63, 3.8) is 0 Å². The number of hydrogen-bond acceptors (Lipinski definition) is 3. The molecule has 0 aliphatic heterocycles. The Hall–Kier alpha value is -2.30. The number of benzene rings is 2. The van der Waals surface area contributed by atoms with E-state index in [-0.39, 0.29) is 0 Å². The van der Waals surface area contributed by atoms with Gasteiger partial charge in [-0.25, -0.2) is 0 Å². The van der Waals surface area contributed by atoms with Gasteiger partial charge in [0.05, 0.1) is 19.8 Å². The predicted molar refractivity (Wildman–Crippen MR) is 115 cm³/mol. The minimum absolute atomic E-state index is 0.422. The van der Waals surface area contributed by atoms with Gasteiger partial charge in [-0.1, -0.05) is 37.5 Å². The van der Waals surface area contributed by atoms with E-state index in [0.29, 0.717) is 19.1 Å². The number of nitrogens with one attached hydrogen (secondary N) is 1. The number of fused-ring (bicyclic) bond motifs is 1. The van der Waals surface area contributed by atoms with Crippen LogP contribution < -0.4 is 10.1 Å². The highest BCUT2D eigenvalue weighted by atomic mass is 16.5. The molecule has 1 heterocycles. The van der Waals surface area contributed by atoms with E-state index in [2.05, 4.69) is 52.3 Å². The second-order valence-electron chi connectivity index (χ2n) is 7.82. The van der Waals surface area contributed by atoms with Crippen LogP contribution in [0.2, 0.25) is 0 Å². The minimum atomic E-state index is -0.422. The van der Waals surface area contributed by atoms with Gasteiger partial charge in [-0.05, 0) is 54.8 Å². The van der Waals surface area contributed by atoms with E-state index in [0.717, 1.165) is 22.5 Å². The zero-order valence-corrected chi connectivity index (χ0v) is 16.6. The Labute approximate surface area is 167 Å². The van der Waals surface area contributed by atoms with Crippen molar-refractivity contribution in [3.8, 4) is 17.0 Å². The van der Waals surface area contributed by atoms with Gasteiger partial charge in [0.1, 0.15) is 5.75 Å². The summed E-state index contributed by atoms with van der Waals surface area (Å²) < 4.78 is 7.53. The Balaban J connectivity index is 1.55. The molecule has 2 N–H and O–H groups in total. The molecule has 148 valence electrons. The highest BCUT2D eigenvalue weighted by molar-refractivity contribution is 5.87. The normalized spacial score (nSPS) is 16.4. The molecule has 4 nitrogen and oxygen atoms in total.